The molecule has 1 aliphatic heterocycles. The van der Waals surface area contributed by atoms with E-state index in [1.807, 2.05) is 35.9 Å². The van der Waals surface area contributed by atoms with Crippen LogP contribution in [0.1, 0.15) is 51.7 Å². The first kappa shape index (κ1) is 24.3. The van der Waals surface area contributed by atoms with Crippen molar-refractivity contribution in [2.45, 2.75) is 26.7 Å². The highest BCUT2D eigenvalue weighted by molar-refractivity contribution is 5.97. The van der Waals surface area contributed by atoms with Crippen LogP contribution in [0, 0.1) is 6.92 Å². The predicted molar refractivity (Wildman–Crippen MR) is 134 cm³/mol. The molecule has 0 atom stereocenters. The number of amides is 2. The van der Waals surface area contributed by atoms with Crippen LogP contribution in [-0.4, -0.2) is 71.8 Å². The maximum atomic E-state index is 13.5. The third kappa shape index (κ3) is 4.87. The van der Waals surface area contributed by atoms with Gasteiger partial charge in [0.1, 0.15) is 0 Å². The lowest BCUT2D eigenvalue weighted by Crippen LogP contribution is -2.50. The van der Waals surface area contributed by atoms with Crippen molar-refractivity contribution in [2.24, 2.45) is 0 Å². The number of hydrogen-bond acceptors (Lipinski definition) is 5. The molecule has 3 aromatic rings. The van der Waals surface area contributed by atoms with Crippen LogP contribution in [0.2, 0.25) is 0 Å². The zero-order valence-corrected chi connectivity index (χ0v) is 20.9. The van der Waals surface area contributed by atoms with Gasteiger partial charge in [-0.15, -0.1) is 0 Å². The van der Waals surface area contributed by atoms with Gasteiger partial charge in [-0.2, -0.15) is 5.10 Å². The first-order valence-corrected chi connectivity index (χ1v) is 11.8. The van der Waals surface area contributed by atoms with Crippen LogP contribution < -0.4 is 9.47 Å². The van der Waals surface area contributed by atoms with Crippen molar-refractivity contribution in [1.29, 1.82) is 0 Å². The summed E-state index contributed by atoms with van der Waals surface area (Å²) >= 11 is 0. The van der Waals surface area contributed by atoms with E-state index in [9.17, 15) is 9.59 Å². The smallest absolute Gasteiger partial charge is 0.257 e. The number of aryl methyl sites for hydroxylation is 1. The number of aromatic nitrogens is 2. The second-order valence-electron chi connectivity index (χ2n) is 9.00. The van der Waals surface area contributed by atoms with Crippen molar-refractivity contribution < 1.29 is 19.1 Å². The number of rotatable bonds is 6. The van der Waals surface area contributed by atoms with E-state index in [0.29, 0.717) is 48.8 Å². The van der Waals surface area contributed by atoms with Gasteiger partial charge in [0.2, 0.25) is 0 Å². The normalized spacial score (nSPS) is 13.8. The molecule has 8 nitrogen and oxygen atoms in total. The summed E-state index contributed by atoms with van der Waals surface area (Å²) in [6.07, 6.45) is 1.67. The number of carbonyl (C=O) groups excluding carboxylic acids is 2. The Hall–Kier alpha value is -3.81. The molecule has 35 heavy (non-hydrogen) atoms. The van der Waals surface area contributed by atoms with Crippen molar-refractivity contribution in [2.75, 3.05) is 40.4 Å². The fourth-order valence-electron chi connectivity index (χ4n) is 4.40. The van der Waals surface area contributed by atoms with Gasteiger partial charge in [0.05, 0.1) is 37.4 Å². The molecule has 0 saturated carbocycles. The summed E-state index contributed by atoms with van der Waals surface area (Å²) in [6, 6.07) is 13.3. The van der Waals surface area contributed by atoms with Crippen LogP contribution in [0.3, 0.4) is 0 Å². The molecular formula is C27H32N4O4. The first-order valence-electron chi connectivity index (χ1n) is 11.8. The molecule has 0 bridgehead atoms. The predicted octanol–water partition coefficient (Wildman–Crippen LogP) is 3.92. The number of benzene rings is 2. The zero-order valence-electron chi connectivity index (χ0n) is 20.9. The Morgan fingerprint density at radius 1 is 0.857 bits per heavy atom. The fraction of sp³-hybridized carbons (Fsp3) is 0.370. The molecule has 0 aliphatic carbocycles. The van der Waals surface area contributed by atoms with Crippen LogP contribution in [0.15, 0.2) is 48.7 Å². The highest BCUT2D eigenvalue weighted by Crippen LogP contribution is 2.29. The van der Waals surface area contributed by atoms with Gasteiger partial charge in [0, 0.05) is 31.7 Å². The molecule has 8 heteroatoms. The van der Waals surface area contributed by atoms with Crippen LogP contribution in [0.25, 0.3) is 5.69 Å². The Morgan fingerprint density at radius 3 is 2.03 bits per heavy atom. The first-order chi connectivity index (χ1) is 16.8. The van der Waals surface area contributed by atoms with E-state index in [1.54, 1.807) is 48.4 Å². The van der Waals surface area contributed by atoms with Gasteiger partial charge in [-0.05, 0) is 43.2 Å². The lowest BCUT2D eigenvalue weighted by molar-refractivity contribution is 0.0534. The number of hydrogen-bond donors (Lipinski definition) is 0. The average molecular weight is 477 g/mol. The minimum Gasteiger partial charge on any atom is -0.493 e. The average Bonchev–Trinajstić information content (AvgIpc) is 3.33. The molecule has 2 amide bonds. The number of piperazine rings is 1. The van der Waals surface area contributed by atoms with Gasteiger partial charge < -0.3 is 19.3 Å². The lowest BCUT2D eigenvalue weighted by atomic mass is 10.0. The minimum atomic E-state index is -0.0897. The van der Waals surface area contributed by atoms with Crippen LogP contribution in [0.4, 0.5) is 0 Å². The molecule has 0 unspecified atom stereocenters. The Balaban J connectivity index is 1.48. The van der Waals surface area contributed by atoms with Gasteiger partial charge in [-0.3, -0.25) is 9.59 Å². The van der Waals surface area contributed by atoms with Gasteiger partial charge >= 0.3 is 0 Å². The molecule has 184 valence electrons. The highest BCUT2D eigenvalue weighted by atomic mass is 16.5. The SMILES string of the molecule is COc1ccc(C(=O)N2CCN(C(=O)c3cnn(-c4ccc(C)cc4)c3C(C)C)CC2)cc1OC. The van der Waals surface area contributed by atoms with Crippen molar-refractivity contribution >= 4 is 11.8 Å². The van der Waals surface area contributed by atoms with Crippen molar-refractivity contribution in [1.82, 2.24) is 19.6 Å². The summed E-state index contributed by atoms with van der Waals surface area (Å²) in [5.41, 5.74) is 4.14. The summed E-state index contributed by atoms with van der Waals surface area (Å²) in [5, 5.41) is 4.55. The largest absolute Gasteiger partial charge is 0.493 e. The molecule has 1 aliphatic rings. The van der Waals surface area contributed by atoms with Gasteiger partial charge in [-0.25, -0.2) is 4.68 Å². The number of nitrogens with zero attached hydrogens (tertiary/aromatic N) is 4. The third-order valence-electron chi connectivity index (χ3n) is 6.35. The molecule has 0 spiro atoms. The van der Waals surface area contributed by atoms with Gasteiger partial charge in [0.15, 0.2) is 11.5 Å². The van der Waals surface area contributed by atoms with Crippen molar-refractivity contribution in [3.05, 3.63) is 71.0 Å². The zero-order chi connectivity index (χ0) is 25.1. The second-order valence-corrected chi connectivity index (χ2v) is 9.00. The van der Waals surface area contributed by atoms with Crippen molar-refractivity contribution in [3.63, 3.8) is 0 Å². The van der Waals surface area contributed by atoms with Crippen LogP contribution in [-0.2, 0) is 0 Å². The molecule has 2 heterocycles. The molecule has 1 aromatic heterocycles. The molecule has 0 radical (unpaired) electrons. The summed E-state index contributed by atoms with van der Waals surface area (Å²) in [7, 11) is 3.10. The Labute approximate surface area is 206 Å². The standard InChI is InChI=1S/C27H32N4O4/c1-18(2)25-22(17-28-31(25)21-9-6-19(3)7-10-21)27(33)30-14-12-29(13-15-30)26(32)20-8-11-23(34-4)24(16-20)35-5/h6-11,16-18H,12-15H2,1-5H3. The quantitative estimate of drug-likeness (QED) is 0.539. The Kier molecular flexibility index (Phi) is 7.10. The van der Waals surface area contributed by atoms with Crippen LogP contribution >= 0.6 is 0 Å². The van der Waals surface area contributed by atoms with E-state index in [1.165, 1.54) is 5.56 Å². The maximum absolute atomic E-state index is 13.5. The topological polar surface area (TPSA) is 76.9 Å². The number of methoxy groups -OCH3 is 2. The number of carbonyl (C=O) groups is 2. The van der Waals surface area contributed by atoms with E-state index < -0.39 is 0 Å². The third-order valence-corrected chi connectivity index (χ3v) is 6.35. The summed E-state index contributed by atoms with van der Waals surface area (Å²) in [6.45, 7) is 8.03. The highest BCUT2D eigenvalue weighted by Gasteiger charge is 2.29. The minimum absolute atomic E-state index is 0.0507. The van der Waals surface area contributed by atoms with E-state index >= 15 is 0 Å². The van der Waals surface area contributed by atoms with Crippen molar-refractivity contribution in [3.8, 4) is 17.2 Å². The summed E-state index contributed by atoms with van der Waals surface area (Å²) in [5.74, 6) is 1.06. The Morgan fingerprint density at radius 2 is 1.46 bits per heavy atom. The molecule has 1 saturated heterocycles. The molecule has 0 N–H and O–H groups in total. The monoisotopic (exact) mass is 476 g/mol. The van der Waals surface area contributed by atoms with E-state index in [2.05, 4.69) is 18.9 Å². The van der Waals surface area contributed by atoms with Crippen LogP contribution in [0.5, 0.6) is 11.5 Å². The van der Waals surface area contributed by atoms with E-state index in [0.717, 1.165) is 11.4 Å². The fourth-order valence-corrected chi connectivity index (χ4v) is 4.40. The summed E-state index contributed by atoms with van der Waals surface area (Å²) in [4.78, 5) is 30.1. The maximum Gasteiger partial charge on any atom is 0.257 e. The summed E-state index contributed by atoms with van der Waals surface area (Å²) < 4.78 is 12.4. The van der Waals surface area contributed by atoms with E-state index in [-0.39, 0.29) is 17.7 Å². The van der Waals surface area contributed by atoms with Gasteiger partial charge in [-0.1, -0.05) is 31.5 Å². The number of ether oxygens (including phenoxy) is 2. The molecule has 2 aromatic carbocycles. The molecular weight excluding hydrogens is 444 g/mol. The Bertz CT molecular complexity index is 1210. The molecule has 1 fully saturated rings. The second kappa shape index (κ2) is 10.2. The van der Waals surface area contributed by atoms with Gasteiger partial charge in [0.25, 0.3) is 11.8 Å². The lowest BCUT2D eigenvalue weighted by Gasteiger charge is -2.35. The van der Waals surface area contributed by atoms with E-state index in [4.69, 9.17) is 9.47 Å². The molecule has 4 rings (SSSR count).